The number of ether oxygens (including phenoxy) is 3. The first-order chi connectivity index (χ1) is 10.7. The molecule has 1 aromatic rings. The van der Waals surface area contributed by atoms with Crippen molar-refractivity contribution >= 4 is 0 Å². The highest BCUT2D eigenvalue weighted by molar-refractivity contribution is 5.33. The van der Waals surface area contributed by atoms with E-state index in [2.05, 4.69) is 30.7 Å². The van der Waals surface area contributed by atoms with Crippen LogP contribution in [0.2, 0.25) is 0 Å². The lowest BCUT2D eigenvalue weighted by atomic mass is 10.2. The van der Waals surface area contributed by atoms with E-state index in [4.69, 9.17) is 14.2 Å². The van der Waals surface area contributed by atoms with E-state index in [1.807, 2.05) is 12.1 Å². The van der Waals surface area contributed by atoms with Crippen LogP contribution in [0.5, 0.6) is 5.88 Å². The number of aromatic nitrogens is 1. The minimum absolute atomic E-state index is 0.312. The molecule has 0 unspecified atom stereocenters. The molecular weight excluding hydrogens is 278 g/mol. The lowest BCUT2D eigenvalue weighted by Gasteiger charge is -2.05. The summed E-state index contributed by atoms with van der Waals surface area (Å²) in [5, 5.41) is 0. The van der Waals surface area contributed by atoms with E-state index in [9.17, 15) is 0 Å². The molecule has 0 radical (unpaired) electrons. The second kappa shape index (κ2) is 12.0. The molecule has 0 fully saturated rings. The predicted octanol–water partition coefficient (Wildman–Crippen LogP) is 3.44. The maximum Gasteiger partial charge on any atom is 0.213 e. The van der Waals surface area contributed by atoms with Crippen LogP contribution in [0.4, 0.5) is 0 Å². The Morgan fingerprint density at radius 1 is 1.09 bits per heavy atom. The molecule has 1 heterocycles. The van der Waals surface area contributed by atoms with Crippen molar-refractivity contribution in [2.75, 3.05) is 26.9 Å². The second-order valence-corrected chi connectivity index (χ2v) is 5.26. The third kappa shape index (κ3) is 9.38. The van der Waals surface area contributed by atoms with Crippen LogP contribution in [0.25, 0.3) is 0 Å². The molecule has 1 rings (SSSR count). The van der Waals surface area contributed by atoms with Crippen LogP contribution >= 0.6 is 0 Å². The fourth-order valence-corrected chi connectivity index (χ4v) is 1.72. The van der Waals surface area contributed by atoms with Crippen molar-refractivity contribution in [1.29, 1.82) is 0 Å². The summed E-state index contributed by atoms with van der Waals surface area (Å²) < 4.78 is 15.9. The van der Waals surface area contributed by atoms with E-state index in [1.165, 1.54) is 0 Å². The molecule has 22 heavy (non-hydrogen) atoms. The van der Waals surface area contributed by atoms with Crippen LogP contribution in [0.3, 0.4) is 0 Å². The Balaban J connectivity index is 2.19. The smallest absolute Gasteiger partial charge is 0.213 e. The molecule has 4 heteroatoms. The van der Waals surface area contributed by atoms with E-state index >= 15 is 0 Å². The molecule has 0 bridgehead atoms. The average Bonchev–Trinajstić information content (AvgIpc) is 2.51. The molecule has 0 aliphatic rings. The van der Waals surface area contributed by atoms with Gasteiger partial charge in [-0.15, -0.1) is 0 Å². The summed E-state index contributed by atoms with van der Waals surface area (Å²) in [4.78, 5) is 4.24. The second-order valence-electron chi connectivity index (χ2n) is 5.26. The van der Waals surface area contributed by atoms with Gasteiger partial charge in [-0.05, 0) is 32.8 Å². The zero-order chi connectivity index (χ0) is 16.0. The monoisotopic (exact) mass is 305 g/mol. The Bertz CT molecular complexity index is 446. The van der Waals surface area contributed by atoms with Crippen molar-refractivity contribution in [1.82, 2.24) is 4.98 Å². The molecule has 122 valence electrons. The number of pyridine rings is 1. The van der Waals surface area contributed by atoms with Gasteiger partial charge in [0.2, 0.25) is 5.88 Å². The quantitative estimate of drug-likeness (QED) is 0.490. The van der Waals surface area contributed by atoms with Crippen LogP contribution in [-0.2, 0) is 9.47 Å². The molecule has 0 saturated carbocycles. The summed E-state index contributed by atoms with van der Waals surface area (Å²) in [5.74, 6) is 6.92. The molecule has 1 aromatic heterocycles. The summed E-state index contributed by atoms with van der Waals surface area (Å²) in [5.41, 5.74) is 0.919. The van der Waals surface area contributed by atoms with Crippen molar-refractivity contribution in [3.05, 3.63) is 23.9 Å². The van der Waals surface area contributed by atoms with Gasteiger partial charge >= 0.3 is 0 Å². The first-order valence-electron chi connectivity index (χ1n) is 7.90. The summed E-state index contributed by atoms with van der Waals surface area (Å²) in [6, 6.07) is 3.79. The lowest BCUT2D eigenvalue weighted by molar-refractivity contribution is 0.0762. The van der Waals surface area contributed by atoms with E-state index in [1.54, 1.807) is 13.3 Å². The van der Waals surface area contributed by atoms with Gasteiger partial charge in [-0.3, -0.25) is 0 Å². The minimum atomic E-state index is 0.312. The zero-order valence-corrected chi connectivity index (χ0v) is 13.9. The van der Waals surface area contributed by atoms with E-state index in [-0.39, 0.29) is 0 Å². The Hall–Kier alpha value is -1.57. The van der Waals surface area contributed by atoms with Gasteiger partial charge < -0.3 is 14.2 Å². The van der Waals surface area contributed by atoms with Crippen LogP contribution in [0, 0.1) is 11.8 Å². The van der Waals surface area contributed by atoms with Crippen LogP contribution < -0.4 is 4.74 Å². The van der Waals surface area contributed by atoms with Gasteiger partial charge in [-0.25, -0.2) is 4.98 Å². The van der Waals surface area contributed by atoms with Gasteiger partial charge in [0.15, 0.2) is 0 Å². The molecule has 4 nitrogen and oxygen atoms in total. The summed E-state index contributed by atoms with van der Waals surface area (Å²) in [6.07, 6.45) is 5.93. The minimum Gasteiger partial charge on any atom is -0.478 e. The number of unbranched alkanes of at least 4 members (excludes halogenated alkanes) is 2. The van der Waals surface area contributed by atoms with Gasteiger partial charge in [-0.1, -0.05) is 11.8 Å². The molecular formula is C18H27NO3. The van der Waals surface area contributed by atoms with Gasteiger partial charge in [0.25, 0.3) is 0 Å². The first-order valence-corrected chi connectivity index (χ1v) is 7.90. The summed E-state index contributed by atoms with van der Waals surface area (Å²) in [7, 11) is 1.68. The zero-order valence-electron chi connectivity index (χ0n) is 13.9. The number of methoxy groups -OCH3 is 1. The standard InChI is InChI=1S/C18H27NO3/c1-16(2)21-13-7-5-4-6-9-17-10-11-18(19-15-17)22-14-8-12-20-3/h10-11,15-16H,4-5,7-8,12-14H2,1-3H3. The highest BCUT2D eigenvalue weighted by atomic mass is 16.5. The predicted molar refractivity (Wildman–Crippen MR) is 88.0 cm³/mol. The number of nitrogens with zero attached hydrogens (tertiary/aromatic N) is 1. The maximum atomic E-state index is 5.50. The topological polar surface area (TPSA) is 40.6 Å². The molecule has 0 saturated heterocycles. The Morgan fingerprint density at radius 2 is 1.95 bits per heavy atom. The molecule has 0 atom stereocenters. The van der Waals surface area contributed by atoms with Gasteiger partial charge in [0.05, 0.1) is 12.7 Å². The van der Waals surface area contributed by atoms with Crippen molar-refractivity contribution in [3.63, 3.8) is 0 Å². The van der Waals surface area contributed by atoms with Gasteiger partial charge in [0, 0.05) is 51.0 Å². The maximum absolute atomic E-state index is 5.50. The summed E-state index contributed by atoms with van der Waals surface area (Å²) in [6.45, 7) is 6.24. The molecule has 0 spiro atoms. The van der Waals surface area contributed by atoms with Crippen molar-refractivity contribution < 1.29 is 14.2 Å². The fraction of sp³-hybridized carbons (Fsp3) is 0.611. The molecule has 0 N–H and O–H groups in total. The Kier molecular flexibility index (Phi) is 10.1. The number of hydrogen-bond acceptors (Lipinski definition) is 4. The van der Waals surface area contributed by atoms with Gasteiger partial charge in [0.1, 0.15) is 0 Å². The molecule has 0 aromatic carbocycles. The molecule has 0 amide bonds. The fourth-order valence-electron chi connectivity index (χ4n) is 1.72. The Morgan fingerprint density at radius 3 is 2.64 bits per heavy atom. The van der Waals surface area contributed by atoms with Gasteiger partial charge in [-0.2, -0.15) is 0 Å². The van der Waals surface area contributed by atoms with E-state index in [0.29, 0.717) is 25.2 Å². The van der Waals surface area contributed by atoms with E-state index in [0.717, 1.165) is 37.9 Å². The Labute approximate surface area is 134 Å². The first kappa shape index (κ1) is 18.5. The SMILES string of the molecule is COCCCOc1ccc(C#CCCCCOC(C)C)cn1. The van der Waals surface area contributed by atoms with Crippen molar-refractivity contribution in [3.8, 4) is 17.7 Å². The third-order valence-electron chi connectivity index (χ3n) is 2.86. The normalized spacial score (nSPS) is 10.4. The van der Waals surface area contributed by atoms with E-state index < -0.39 is 0 Å². The third-order valence-corrected chi connectivity index (χ3v) is 2.86. The number of hydrogen-bond donors (Lipinski definition) is 0. The molecule has 0 aliphatic heterocycles. The average molecular weight is 305 g/mol. The van der Waals surface area contributed by atoms with Crippen LogP contribution in [0.15, 0.2) is 18.3 Å². The van der Waals surface area contributed by atoms with Crippen LogP contribution in [-0.4, -0.2) is 38.0 Å². The highest BCUT2D eigenvalue weighted by Gasteiger charge is 1.95. The lowest BCUT2D eigenvalue weighted by Crippen LogP contribution is -2.03. The van der Waals surface area contributed by atoms with Crippen LogP contribution in [0.1, 0.15) is 45.1 Å². The van der Waals surface area contributed by atoms with Crippen molar-refractivity contribution in [2.45, 2.75) is 45.6 Å². The summed E-state index contributed by atoms with van der Waals surface area (Å²) >= 11 is 0. The largest absolute Gasteiger partial charge is 0.478 e. The number of rotatable bonds is 10. The highest BCUT2D eigenvalue weighted by Crippen LogP contribution is 2.07. The molecule has 0 aliphatic carbocycles. The van der Waals surface area contributed by atoms with Crippen molar-refractivity contribution in [2.24, 2.45) is 0 Å².